The van der Waals surface area contributed by atoms with Gasteiger partial charge in [-0.2, -0.15) is 0 Å². The molecule has 3 aromatic rings. The fourth-order valence-electron chi connectivity index (χ4n) is 2.35. The zero-order chi connectivity index (χ0) is 15.5. The van der Waals surface area contributed by atoms with E-state index in [1.54, 1.807) is 7.11 Å². The van der Waals surface area contributed by atoms with Crippen LogP contribution in [0.15, 0.2) is 36.4 Å². The molecule has 6 heteroatoms. The summed E-state index contributed by atoms with van der Waals surface area (Å²) in [7, 11) is 1.65. The topological polar surface area (TPSA) is 47.9 Å². The van der Waals surface area contributed by atoms with Gasteiger partial charge in [-0.25, -0.2) is 15.0 Å². The summed E-state index contributed by atoms with van der Waals surface area (Å²) < 4.78 is 5.41. The molecule has 1 heterocycles. The molecule has 22 heavy (non-hydrogen) atoms. The summed E-state index contributed by atoms with van der Waals surface area (Å²) in [5.74, 6) is 2.84. The number of hydrogen-bond donors (Lipinski definition) is 0. The van der Waals surface area contributed by atoms with Gasteiger partial charge in [0.25, 0.3) is 0 Å². The summed E-state index contributed by atoms with van der Waals surface area (Å²) in [5.41, 5.74) is 0.900. The number of rotatable bonds is 4. The van der Waals surface area contributed by atoms with Gasteiger partial charge in [0, 0.05) is 10.9 Å². The Morgan fingerprint density at radius 1 is 0.864 bits per heavy atom. The lowest BCUT2D eigenvalue weighted by Crippen LogP contribution is -2.03. The van der Waals surface area contributed by atoms with E-state index in [1.165, 1.54) is 0 Å². The average molecular weight is 334 g/mol. The van der Waals surface area contributed by atoms with Crippen LogP contribution < -0.4 is 4.74 Å². The van der Waals surface area contributed by atoms with Gasteiger partial charge in [-0.3, -0.25) is 0 Å². The molecular formula is C16H13Cl2N3O. The number of halogens is 2. The Morgan fingerprint density at radius 3 is 2.09 bits per heavy atom. The summed E-state index contributed by atoms with van der Waals surface area (Å²) >= 11 is 11.7. The van der Waals surface area contributed by atoms with Crippen LogP contribution in [0.3, 0.4) is 0 Å². The number of fused-ring (bicyclic) bond motifs is 1. The summed E-state index contributed by atoms with van der Waals surface area (Å²) in [6.45, 7) is 0. The summed E-state index contributed by atoms with van der Waals surface area (Å²) in [5, 5.41) is 2.01. The number of aromatic nitrogens is 3. The standard InChI is InChI=1S/C16H13Cl2N3O/c1-22-13-7-6-12(10-4-2-3-5-11(10)13)16-20-14(8-17)19-15(9-18)21-16/h2-7H,8-9H2,1H3. The van der Waals surface area contributed by atoms with Crippen LogP contribution in [0.5, 0.6) is 5.75 Å². The van der Waals surface area contributed by atoms with Gasteiger partial charge in [-0.05, 0) is 17.5 Å². The maximum atomic E-state index is 5.87. The molecular weight excluding hydrogens is 321 g/mol. The number of ether oxygens (including phenoxy) is 1. The molecule has 0 aliphatic rings. The van der Waals surface area contributed by atoms with Crippen molar-refractivity contribution < 1.29 is 4.74 Å². The lowest BCUT2D eigenvalue weighted by atomic mass is 10.0. The molecule has 2 aromatic carbocycles. The fourth-order valence-corrected chi connectivity index (χ4v) is 2.59. The number of alkyl halides is 2. The lowest BCUT2D eigenvalue weighted by Gasteiger charge is -2.10. The van der Waals surface area contributed by atoms with Gasteiger partial charge in [0.2, 0.25) is 0 Å². The zero-order valence-electron chi connectivity index (χ0n) is 11.9. The first kappa shape index (κ1) is 15.0. The van der Waals surface area contributed by atoms with Crippen LogP contribution in [0.25, 0.3) is 22.2 Å². The highest BCUT2D eigenvalue weighted by Crippen LogP contribution is 2.33. The Morgan fingerprint density at radius 2 is 1.50 bits per heavy atom. The molecule has 0 atom stereocenters. The smallest absolute Gasteiger partial charge is 0.164 e. The van der Waals surface area contributed by atoms with Crippen LogP contribution in [0, 0.1) is 0 Å². The Bertz CT molecular complexity index is 801. The van der Waals surface area contributed by atoms with E-state index in [0.29, 0.717) is 17.5 Å². The molecule has 112 valence electrons. The second kappa shape index (κ2) is 6.46. The van der Waals surface area contributed by atoms with Gasteiger partial charge in [0.15, 0.2) is 5.82 Å². The van der Waals surface area contributed by atoms with Crippen molar-refractivity contribution in [3.8, 4) is 17.1 Å². The SMILES string of the molecule is COc1ccc(-c2nc(CCl)nc(CCl)n2)c2ccccc12. The van der Waals surface area contributed by atoms with Crippen molar-refractivity contribution in [3.63, 3.8) is 0 Å². The molecule has 0 N–H and O–H groups in total. The third-order valence-electron chi connectivity index (χ3n) is 3.31. The molecule has 0 aliphatic heterocycles. The van der Waals surface area contributed by atoms with E-state index >= 15 is 0 Å². The van der Waals surface area contributed by atoms with E-state index in [0.717, 1.165) is 22.1 Å². The molecule has 1 aromatic heterocycles. The van der Waals surface area contributed by atoms with Crippen LogP contribution in [-0.4, -0.2) is 22.1 Å². The maximum Gasteiger partial charge on any atom is 0.164 e. The van der Waals surface area contributed by atoms with E-state index in [2.05, 4.69) is 15.0 Å². The van der Waals surface area contributed by atoms with Crippen LogP contribution in [0.1, 0.15) is 11.6 Å². The molecule has 0 spiro atoms. The molecule has 0 bridgehead atoms. The second-order valence-electron chi connectivity index (χ2n) is 4.62. The first-order valence-electron chi connectivity index (χ1n) is 6.68. The highest BCUT2D eigenvalue weighted by molar-refractivity contribution is 6.17. The Kier molecular flexibility index (Phi) is 4.41. The van der Waals surface area contributed by atoms with Crippen molar-refractivity contribution in [1.29, 1.82) is 0 Å². The van der Waals surface area contributed by atoms with Crippen molar-refractivity contribution >= 4 is 34.0 Å². The number of benzene rings is 2. The van der Waals surface area contributed by atoms with Gasteiger partial charge >= 0.3 is 0 Å². The van der Waals surface area contributed by atoms with Gasteiger partial charge in [-0.15, -0.1) is 23.2 Å². The Labute approximate surface area is 138 Å². The van der Waals surface area contributed by atoms with Gasteiger partial charge in [-0.1, -0.05) is 24.3 Å². The molecule has 0 fully saturated rings. The fraction of sp³-hybridized carbons (Fsp3) is 0.188. The maximum absolute atomic E-state index is 5.87. The quantitative estimate of drug-likeness (QED) is 0.672. The van der Waals surface area contributed by atoms with Gasteiger partial charge < -0.3 is 4.74 Å². The Balaban J connectivity index is 2.27. The average Bonchev–Trinajstić information content (AvgIpc) is 2.60. The van der Waals surface area contributed by atoms with E-state index in [9.17, 15) is 0 Å². The summed E-state index contributed by atoms with van der Waals surface area (Å²) in [6, 6.07) is 11.8. The third-order valence-corrected chi connectivity index (χ3v) is 3.79. The van der Waals surface area contributed by atoms with E-state index in [-0.39, 0.29) is 11.8 Å². The van der Waals surface area contributed by atoms with Crippen molar-refractivity contribution in [3.05, 3.63) is 48.0 Å². The van der Waals surface area contributed by atoms with Gasteiger partial charge in [0.05, 0.1) is 18.9 Å². The van der Waals surface area contributed by atoms with E-state index in [4.69, 9.17) is 27.9 Å². The minimum absolute atomic E-state index is 0.216. The Hall–Kier alpha value is -1.91. The minimum atomic E-state index is 0.216. The first-order chi connectivity index (χ1) is 10.8. The molecule has 0 unspecified atom stereocenters. The van der Waals surface area contributed by atoms with Crippen molar-refractivity contribution in [2.45, 2.75) is 11.8 Å². The molecule has 0 amide bonds. The number of methoxy groups -OCH3 is 1. The molecule has 3 rings (SSSR count). The van der Waals surface area contributed by atoms with Crippen molar-refractivity contribution in [2.24, 2.45) is 0 Å². The van der Waals surface area contributed by atoms with Crippen LogP contribution in [-0.2, 0) is 11.8 Å². The van der Waals surface area contributed by atoms with Gasteiger partial charge in [0.1, 0.15) is 17.4 Å². The van der Waals surface area contributed by atoms with Crippen molar-refractivity contribution in [2.75, 3.05) is 7.11 Å². The molecule has 0 radical (unpaired) electrons. The third kappa shape index (κ3) is 2.72. The predicted molar refractivity (Wildman–Crippen MR) is 88.4 cm³/mol. The normalized spacial score (nSPS) is 10.9. The van der Waals surface area contributed by atoms with E-state index in [1.807, 2.05) is 36.4 Å². The molecule has 0 saturated carbocycles. The second-order valence-corrected chi connectivity index (χ2v) is 5.15. The van der Waals surface area contributed by atoms with Crippen LogP contribution >= 0.6 is 23.2 Å². The molecule has 4 nitrogen and oxygen atoms in total. The highest BCUT2D eigenvalue weighted by atomic mass is 35.5. The molecule has 0 saturated heterocycles. The van der Waals surface area contributed by atoms with E-state index < -0.39 is 0 Å². The zero-order valence-corrected chi connectivity index (χ0v) is 13.4. The lowest BCUT2D eigenvalue weighted by molar-refractivity contribution is 0.420. The minimum Gasteiger partial charge on any atom is -0.496 e. The monoisotopic (exact) mass is 333 g/mol. The van der Waals surface area contributed by atoms with Crippen molar-refractivity contribution in [1.82, 2.24) is 15.0 Å². The molecule has 0 aliphatic carbocycles. The van der Waals surface area contributed by atoms with Crippen LogP contribution in [0.4, 0.5) is 0 Å². The summed E-state index contributed by atoms with van der Waals surface area (Å²) in [6.07, 6.45) is 0. The summed E-state index contributed by atoms with van der Waals surface area (Å²) in [4.78, 5) is 13.0. The number of hydrogen-bond acceptors (Lipinski definition) is 4. The number of nitrogens with zero attached hydrogens (tertiary/aromatic N) is 3. The first-order valence-corrected chi connectivity index (χ1v) is 7.75. The van der Waals surface area contributed by atoms with Crippen LogP contribution in [0.2, 0.25) is 0 Å². The largest absolute Gasteiger partial charge is 0.496 e. The predicted octanol–water partition coefficient (Wildman–Crippen LogP) is 4.18. The highest BCUT2D eigenvalue weighted by Gasteiger charge is 2.12.